The van der Waals surface area contributed by atoms with Gasteiger partial charge in [0, 0.05) is 28.7 Å². The van der Waals surface area contributed by atoms with Crippen molar-refractivity contribution < 1.29 is 0 Å². The highest BCUT2D eigenvalue weighted by Gasteiger charge is 2.24. The fraction of sp³-hybridized carbons (Fsp3) is 0.200. The molecule has 3 heterocycles. The van der Waals surface area contributed by atoms with Gasteiger partial charge < -0.3 is 4.90 Å². The summed E-state index contributed by atoms with van der Waals surface area (Å²) < 4.78 is 1.74. The topological polar surface area (TPSA) is 38.1 Å². The number of hydrogen-bond acceptors (Lipinski definition) is 5. The van der Waals surface area contributed by atoms with Crippen LogP contribution in [0.25, 0.3) is 22.0 Å². The Morgan fingerprint density at radius 2 is 1.94 bits per heavy atom. The number of thioether (sulfide) groups is 1. The summed E-state index contributed by atoms with van der Waals surface area (Å²) in [5.41, 5.74) is 3.12. The number of nitrogens with zero attached hydrogens (tertiary/aromatic N) is 3. The Kier molecular flexibility index (Phi) is 6.20. The minimum atomic E-state index is 0.00825. The Balaban J connectivity index is 1.57. The van der Waals surface area contributed by atoms with E-state index >= 15 is 0 Å². The van der Waals surface area contributed by atoms with E-state index in [0.29, 0.717) is 15.9 Å². The summed E-state index contributed by atoms with van der Waals surface area (Å²) in [6.45, 7) is 1.83. The van der Waals surface area contributed by atoms with E-state index in [2.05, 4.69) is 36.2 Å². The maximum Gasteiger partial charge on any atom is 0.267 e. The van der Waals surface area contributed by atoms with Gasteiger partial charge in [0.2, 0.25) is 0 Å². The number of rotatable bonds is 5. The molecule has 7 heteroatoms. The maximum absolute atomic E-state index is 13.8. The van der Waals surface area contributed by atoms with Crippen LogP contribution in [0.1, 0.15) is 16.0 Å². The van der Waals surface area contributed by atoms with Crippen LogP contribution >= 0.6 is 34.7 Å². The molecule has 0 amide bonds. The molecule has 4 aromatic rings. The average Bonchev–Trinajstić information content (AvgIpc) is 3.16. The van der Waals surface area contributed by atoms with E-state index < -0.39 is 0 Å². The number of benzene rings is 2. The van der Waals surface area contributed by atoms with Crippen molar-refractivity contribution in [1.82, 2.24) is 14.5 Å². The third-order valence-corrected chi connectivity index (χ3v) is 7.79. The molecule has 32 heavy (non-hydrogen) atoms. The van der Waals surface area contributed by atoms with E-state index in [4.69, 9.17) is 16.6 Å². The van der Waals surface area contributed by atoms with E-state index in [9.17, 15) is 4.79 Å². The third kappa shape index (κ3) is 4.28. The molecular formula is C25H22ClN3OS2. The Bertz CT molecular complexity index is 1340. The minimum absolute atomic E-state index is 0.00825. The van der Waals surface area contributed by atoms with Gasteiger partial charge in [-0.25, -0.2) is 4.98 Å². The maximum atomic E-state index is 13.8. The van der Waals surface area contributed by atoms with E-state index in [0.717, 1.165) is 41.0 Å². The van der Waals surface area contributed by atoms with Gasteiger partial charge in [-0.15, -0.1) is 11.3 Å². The van der Waals surface area contributed by atoms with E-state index in [1.54, 1.807) is 27.7 Å². The largest absolute Gasteiger partial charge is 0.301 e. The SMILES string of the molecule is CN1CCc2c(sc3nc(SCC=Cc4ccccc4)n(-c4ccc(Cl)cc4)c(=O)c23)C1. The number of thiophene rings is 1. The summed E-state index contributed by atoms with van der Waals surface area (Å²) in [4.78, 5) is 23.1. The fourth-order valence-corrected chi connectivity index (χ4v) is 6.23. The number of likely N-dealkylation sites (N-methyl/N-ethyl adjacent to an activating group) is 1. The van der Waals surface area contributed by atoms with Crippen LogP contribution in [0.2, 0.25) is 5.02 Å². The second kappa shape index (κ2) is 9.24. The normalized spacial score (nSPS) is 14.3. The van der Waals surface area contributed by atoms with E-state index in [-0.39, 0.29) is 5.56 Å². The highest BCUT2D eigenvalue weighted by Crippen LogP contribution is 2.34. The lowest BCUT2D eigenvalue weighted by molar-refractivity contribution is 0.318. The van der Waals surface area contributed by atoms with Gasteiger partial charge in [-0.05, 0) is 48.9 Å². The molecule has 0 radical (unpaired) electrons. The summed E-state index contributed by atoms with van der Waals surface area (Å²) in [5, 5.41) is 2.12. The van der Waals surface area contributed by atoms with Gasteiger partial charge in [-0.3, -0.25) is 9.36 Å². The quantitative estimate of drug-likeness (QED) is 0.264. The Labute approximate surface area is 200 Å². The van der Waals surface area contributed by atoms with Crippen molar-refractivity contribution in [2.24, 2.45) is 0 Å². The summed E-state index contributed by atoms with van der Waals surface area (Å²) in [6, 6.07) is 17.6. The first-order valence-electron chi connectivity index (χ1n) is 10.5. The lowest BCUT2D eigenvalue weighted by Crippen LogP contribution is -2.27. The summed E-state index contributed by atoms with van der Waals surface area (Å²) in [7, 11) is 2.12. The number of fused-ring (bicyclic) bond motifs is 3. The molecule has 0 spiro atoms. The molecule has 1 aliphatic rings. The smallest absolute Gasteiger partial charge is 0.267 e. The van der Waals surface area contributed by atoms with Gasteiger partial charge >= 0.3 is 0 Å². The summed E-state index contributed by atoms with van der Waals surface area (Å²) >= 11 is 9.33. The lowest BCUT2D eigenvalue weighted by Gasteiger charge is -2.21. The molecule has 4 nitrogen and oxygen atoms in total. The van der Waals surface area contributed by atoms with Crippen molar-refractivity contribution in [3.8, 4) is 5.69 Å². The van der Waals surface area contributed by atoms with Crippen molar-refractivity contribution in [1.29, 1.82) is 0 Å². The first-order chi connectivity index (χ1) is 15.6. The highest BCUT2D eigenvalue weighted by molar-refractivity contribution is 7.99. The zero-order valence-electron chi connectivity index (χ0n) is 17.6. The summed E-state index contributed by atoms with van der Waals surface area (Å²) in [5.74, 6) is 0.717. The molecule has 0 saturated carbocycles. The molecule has 0 fully saturated rings. The van der Waals surface area contributed by atoms with Gasteiger partial charge in [0.05, 0.1) is 11.1 Å². The van der Waals surface area contributed by atoms with Crippen molar-refractivity contribution in [2.75, 3.05) is 19.3 Å². The first kappa shape index (κ1) is 21.5. The number of halogens is 1. The van der Waals surface area contributed by atoms with Gasteiger partial charge in [-0.2, -0.15) is 0 Å². The lowest BCUT2D eigenvalue weighted by atomic mass is 10.1. The van der Waals surface area contributed by atoms with Crippen LogP contribution < -0.4 is 5.56 Å². The molecule has 2 aromatic carbocycles. The number of hydrogen-bond donors (Lipinski definition) is 0. The molecule has 0 saturated heterocycles. The van der Waals surface area contributed by atoms with Crippen molar-refractivity contribution >= 4 is 51.0 Å². The molecule has 162 valence electrons. The van der Waals surface area contributed by atoms with Crippen LogP contribution in [0.5, 0.6) is 0 Å². The molecule has 0 N–H and O–H groups in total. The van der Waals surface area contributed by atoms with Gasteiger partial charge in [0.25, 0.3) is 5.56 Å². The van der Waals surface area contributed by atoms with Gasteiger partial charge in [0.1, 0.15) is 4.83 Å². The zero-order chi connectivity index (χ0) is 22.1. The van der Waals surface area contributed by atoms with Crippen LogP contribution in [0.3, 0.4) is 0 Å². The number of aromatic nitrogens is 2. The molecular weight excluding hydrogens is 458 g/mol. The average molecular weight is 480 g/mol. The Hall–Kier alpha value is -2.38. The minimum Gasteiger partial charge on any atom is -0.301 e. The van der Waals surface area contributed by atoms with E-state index in [1.807, 2.05) is 42.5 Å². The predicted molar refractivity (Wildman–Crippen MR) is 136 cm³/mol. The van der Waals surface area contributed by atoms with E-state index in [1.165, 1.54) is 10.4 Å². The van der Waals surface area contributed by atoms with Crippen LogP contribution in [0, 0.1) is 0 Å². The van der Waals surface area contributed by atoms with Crippen molar-refractivity contribution in [2.45, 2.75) is 18.1 Å². The second-order valence-corrected chi connectivity index (χ2v) is 10.3. The van der Waals surface area contributed by atoms with Gasteiger partial charge in [-0.1, -0.05) is 65.8 Å². The molecule has 0 unspecified atom stereocenters. The molecule has 0 aliphatic carbocycles. The van der Waals surface area contributed by atoms with Crippen molar-refractivity contribution in [3.05, 3.63) is 92.1 Å². The molecule has 5 rings (SSSR count). The van der Waals surface area contributed by atoms with Crippen molar-refractivity contribution in [3.63, 3.8) is 0 Å². The first-order valence-corrected chi connectivity index (χ1v) is 12.6. The van der Waals surface area contributed by atoms with Crippen LogP contribution in [-0.4, -0.2) is 33.8 Å². The molecule has 0 bridgehead atoms. The Morgan fingerprint density at radius 3 is 2.72 bits per heavy atom. The zero-order valence-corrected chi connectivity index (χ0v) is 20.0. The Morgan fingerprint density at radius 1 is 1.16 bits per heavy atom. The van der Waals surface area contributed by atoms with Crippen LogP contribution in [0.15, 0.2) is 70.6 Å². The predicted octanol–water partition coefficient (Wildman–Crippen LogP) is 5.89. The monoisotopic (exact) mass is 479 g/mol. The standard InChI is InChI=1S/C25H22ClN3OS2/c1-28-14-13-20-21(16-28)32-23-22(20)24(30)29(19-11-9-18(26)10-12-19)25(27-23)31-15-5-8-17-6-3-2-4-7-17/h2-12H,13-16H2,1H3. The highest BCUT2D eigenvalue weighted by atomic mass is 35.5. The fourth-order valence-electron chi connectivity index (χ4n) is 3.94. The van der Waals surface area contributed by atoms with Crippen LogP contribution in [-0.2, 0) is 13.0 Å². The summed E-state index contributed by atoms with van der Waals surface area (Å²) in [6.07, 6.45) is 5.09. The molecule has 0 atom stereocenters. The van der Waals surface area contributed by atoms with Crippen LogP contribution in [0.4, 0.5) is 0 Å². The third-order valence-electron chi connectivity index (χ3n) is 5.54. The van der Waals surface area contributed by atoms with Gasteiger partial charge in [0.15, 0.2) is 5.16 Å². The second-order valence-electron chi connectivity index (χ2n) is 7.81. The molecule has 2 aromatic heterocycles. The molecule has 1 aliphatic heterocycles.